The Balaban J connectivity index is 3.54. The highest BCUT2D eigenvalue weighted by Crippen LogP contribution is 2.36. The summed E-state index contributed by atoms with van der Waals surface area (Å²) in [6, 6.07) is 0. The molecule has 1 rings (SSSR count). The van der Waals surface area contributed by atoms with E-state index >= 15 is 0 Å². The topological polar surface area (TPSA) is 88.1 Å². The van der Waals surface area contributed by atoms with Crippen molar-refractivity contribution >= 4 is 29.2 Å². The zero-order valence-corrected chi connectivity index (χ0v) is 11.6. The number of thiophene rings is 1. The van der Waals surface area contributed by atoms with Crippen LogP contribution in [-0.2, 0) is 14.2 Å². The highest BCUT2D eigenvalue weighted by molar-refractivity contribution is 7.16. The van der Waals surface area contributed by atoms with Gasteiger partial charge in [0.15, 0.2) is 10.6 Å². The molecule has 0 radical (unpaired) electrons. The van der Waals surface area contributed by atoms with Crippen molar-refractivity contribution in [3.63, 3.8) is 0 Å². The second-order valence-electron chi connectivity index (χ2n) is 3.14. The van der Waals surface area contributed by atoms with Gasteiger partial charge < -0.3 is 18.9 Å². The molecule has 0 spiro atoms. The van der Waals surface area contributed by atoms with E-state index in [1.54, 1.807) is 0 Å². The van der Waals surface area contributed by atoms with Gasteiger partial charge in [0.25, 0.3) is 0 Å². The second kappa shape index (κ2) is 6.19. The lowest BCUT2D eigenvalue weighted by molar-refractivity contribution is 0.0556. The summed E-state index contributed by atoms with van der Waals surface area (Å²) in [6.07, 6.45) is 0. The number of carbonyl (C=O) groups excluding carboxylic acids is 3. The lowest BCUT2D eigenvalue weighted by Crippen LogP contribution is -2.10. The molecule has 0 aliphatic carbocycles. The molecule has 19 heavy (non-hydrogen) atoms. The molecule has 0 aliphatic heterocycles. The molecule has 0 amide bonds. The first-order valence-corrected chi connectivity index (χ1v) is 5.79. The summed E-state index contributed by atoms with van der Waals surface area (Å²) >= 11 is 0.745. The summed E-state index contributed by atoms with van der Waals surface area (Å²) in [6.45, 7) is 0. The van der Waals surface area contributed by atoms with Gasteiger partial charge in [0.1, 0.15) is 10.4 Å². The molecule has 0 N–H and O–H groups in total. The van der Waals surface area contributed by atoms with Crippen molar-refractivity contribution in [1.29, 1.82) is 0 Å². The number of ether oxygens (including phenoxy) is 4. The summed E-state index contributed by atoms with van der Waals surface area (Å²) in [5.41, 5.74) is -0.151. The lowest BCUT2D eigenvalue weighted by Gasteiger charge is -2.04. The third-order valence-electron chi connectivity index (χ3n) is 2.20. The highest BCUT2D eigenvalue weighted by atomic mass is 32.1. The van der Waals surface area contributed by atoms with Crippen LogP contribution in [0.3, 0.4) is 0 Å². The van der Waals surface area contributed by atoms with E-state index in [4.69, 9.17) is 4.74 Å². The standard InChI is InChI=1S/C11H12O7S/c1-15-6-5(9(12)16-2)7(10(13)17-3)19-8(6)11(14)18-4/h1-4H3. The van der Waals surface area contributed by atoms with Gasteiger partial charge in [-0.05, 0) is 0 Å². The van der Waals surface area contributed by atoms with Gasteiger partial charge in [0.2, 0.25) is 0 Å². The van der Waals surface area contributed by atoms with E-state index in [1.165, 1.54) is 14.2 Å². The molecular formula is C11H12O7S. The van der Waals surface area contributed by atoms with Crippen molar-refractivity contribution < 1.29 is 33.3 Å². The highest BCUT2D eigenvalue weighted by Gasteiger charge is 2.32. The Morgan fingerprint density at radius 2 is 1.26 bits per heavy atom. The number of hydrogen-bond acceptors (Lipinski definition) is 8. The maximum atomic E-state index is 11.7. The third-order valence-corrected chi connectivity index (χ3v) is 3.33. The molecule has 0 saturated carbocycles. The first-order chi connectivity index (χ1) is 9.01. The fourth-order valence-corrected chi connectivity index (χ4v) is 2.46. The zero-order valence-electron chi connectivity index (χ0n) is 10.8. The number of carbonyl (C=O) groups is 3. The summed E-state index contributed by atoms with van der Waals surface area (Å²) in [5, 5.41) is 0. The van der Waals surface area contributed by atoms with Crippen LogP contribution < -0.4 is 4.74 Å². The van der Waals surface area contributed by atoms with Crippen LogP contribution in [0.5, 0.6) is 5.75 Å². The quantitative estimate of drug-likeness (QED) is 0.605. The second-order valence-corrected chi connectivity index (χ2v) is 4.16. The fourth-order valence-electron chi connectivity index (χ4n) is 1.36. The normalized spacial score (nSPS) is 9.68. The Morgan fingerprint density at radius 3 is 1.68 bits per heavy atom. The van der Waals surface area contributed by atoms with Crippen molar-refractivity contribution in [2.75, 3.05) is 28.4 Å². The van der Waals surface area contributed by atoms with Crippen molar-refractivity contribution in [2.24, 2.45) is 0 Å². The molecule has 0 fully saturated rings. The smallest absolute Gasteiger partial charge is 0.351 e. The van der Waals surface area contributed by atoms with E-state index in [0.717, 1.165) is 25.6 Å². The van der Waals surface area contributed by atoms with Crippen molar-refractivity contribution in [2.45, 2.75) is 0 Å². The number of esters is 3. The third kappa shape index (κ3) is 2.68. The predicted octanol–water partition coefficient (Wildman–Crippen LogP) is 1.12. The van der Waals surface area contributed by atoms with E-state index in [0.29, 0.717) is 0 Å². The van der Waals surface area contributed by atoms with Crippen LogP contribution in [0.25, 0.3) is 0 Å². The van der Waals surface area contributed by atoms with Crippen molar-refractivity contribution in [3.05, 3.63) is 15.3 Å². The predicted molar refractivity (Wildman–Crippen MR) is 64.9 cm³/mol. The molecule has 0 aliphatic rings. The largest absolute Gasteiger partial charge is 0.494 e. The molecule has 0 bridgehead atoms. The van der Waals surface area contributed by atoms with Gasteiger partial charge in [0.05, 0.1) is 28.4 Å². The zero-order chi connectivity index (χ0) is 14.6. The summed E-state index contributed by atoms with van der Waals surface area (Å²) in [5.74, 6) is -2.35. The minimum absolute atomic E-state index is 0.00852. The lowest BCUT2D eigenvalue weighted by atomic mass is 10.2. The average molecular weight is 288 g/mol. The van der Waals surface area contributed by atoms with Gasteiger partial charge in [0, 0.05) is 0 Å². The number of rotatable bonds is 4. The van der Waals surface area contributed by atoms with E-state index in [2.05, 4.69) is 14.2 Å². The van der Waals surface area contributed by atoms with Crippen molar-refractivity contribution in [1.82, 2.24) is 0 Å². The average Bonchev–Trinajstić information content (AvgIpc) is 2.83. The summed E-state index contributed by atoms with van der Waals surface area (Å²) in [7, 11) is 4.75. The molecule has 1 aromatic heterocycles. The van der Waals surface area contributed by atoms with Gasteiger partial charge in [-0.1, -0.05) is 0 Å². The van der Waals surface area contributed by atoms with Gasteiger partial charge in [-0.2, -0.15) is 0 Å². The van der Waals surface area contributed by atoms with E-state index in [-0.39, 0.29) is 21.1 Å². The number of hydrogen-bond donors (Lipinski definition) is 0. The van der Waals surface area contributed by atoms with Gasteiger partial charge in [-0.15, -0.1) is 11.3 Å². The molecule has 8 heteroatoms. The molecule has 104 valence electrons. The van der Waals surface area contributed by atoms with Gasteiger partial charge in [-0.25, -0.2) is 14.4 Å². The van der Waals surface area contributed by atoms with E-state index in [9.17, 15) is 14.4 Å². The van der Waals surface area contributed by atoms with Crippen LogP contribution in [-0.4, -0.2) is 46.3 Å². The summed E-state index contributed by atoms with van der Waals surface area (Å²) < 4.78 is 18.7. The maximum Gasteiger partial charge on any atom is 0.351 e. The van der Waals surface area contributed by atoms with Crippen LogP contribution in [0.2, 0.25) is 0 Å². The monoisotopic (exact) mass is 288 g/mol. The van der Waals surface area contributed by atoms with Gasteiger partial charge >= 0.3 is 17.9 Å². The van der Waals surface area contributed by atoms with Crippen LogP contribution in [0.4, 0.5) is 0 Å². The first kappa shape index (κ1) is 15.0. The Bertz CT molecular complexity index is 517. The minimum atomic E-state index is -0.802. The maximum absolute atomic E-state index is 11.7. The van der Waals surface area contributed by atoms with Gasteiger partial charge in [-0.3, -0.25) is 0 Å². The van der Waals surface area contributed by atoms with Crippen molar-refractivity contribution in [3.8, 4) is 5.75 Å². The molecule has 1 aromatic rings. The Hall–Kier alpha value is -2.09. The van der Waals surface area contributed by atoms with Crippen LogP contribution >= 0.6 is 11.3 Å². The molecule has 0 aromatic carbocycles. The molecule has 0 atom stereocenters. The first-order valence-electron chi connectivity index (χ1n) is 4.97. The van der Waals surface area contributed by atoms with E-state index in [1.807, 2.05) is 0 Å². The van der Waals surface area contributed by atoms with E-state index < -0.39 is 17.9 Å². The Kier molecular flexibility index (Phi) is 4.87. The van der Waals surface area contributed by atoms with Crippen LogP contribution in [0.15, 0.2) is 0 Å². The fraction of sp³-hybridized carbons (Fsp3) is 0.364. The molecule has 0 saturated heterocycles. The molecule has 7 nitrogen and oxygen atoms in total. The Labute approximate surface area is 113 Å². The minimum Gasteiger partial charge on any atom is -0.494 e. The molecule has 0 unspecified atom stereocenters. The molecular weight excluding hydrogens is 276 g/mol. The van der Waals surface area contributed by atoms with Crippen LogP contribution in [0.1, 0.15) is 29.7 Å². The number of methoxy groups -OCH3 is 4. The summed E-state index contributed by atoms with van der Waals surface area (Å²) in [4.78, 5) is 34.8. The Morgan fingerprint density at radius 1 is 0.789 bits per heavy atom. The SMILES string of the molecule is COC(=O)c1sc(C(=O)OC)c(C(=O)OC)c1OC. The van der Waals surface area contributed by atoms with Crippen LogP contribution in [0, 0.1) is 0 Å². The molecule has 1 heterocycles.